The van der Waals surface area contributed by atoms with E-state index >= 15 is 0 Å². The van der Waals surface area contributed by atoms with Crippen LogP contribution in [0.4, 0.5) is 10.2 Å². The third-order valence-corrected chi connectivity index (χ3v) is 4.76. The minimum Gasteiger partial charge on any atom is -0.394 e. The molecule has 0 aliphatic carbocycles. The smallest absolute Gasteiger partial charge is 0.312 e. The molecule has 4 aromatic heterocycles. The van der Waals surface area contributed by atoms with Gasteiger partial charge in [0.2, 0.25) is 0 Å². The molecule has 0 radical (unpaired) electrons. The minimum atomic E-state index is -1.32. The molecule has 0 bridgehead atoms. The third-order valence-electron chi connectivity index (χ3n) is 4.45. The molecule has 0 unspecified atom stereocenters. The zero-order valence-corrected chi connectivity index (χ0v) is 15.9. The van der Waals surface area contributed by atoms with E-state index in [2.05, 4.69) is 34.9 Å². The molecule has 1 fully saturated rings. The number of hydrogen-bond acceptors (Lipinski definition) is 11. The lowest BCUT2D eigenvalue weighted by Gasteiger charge is -2.16. The van der Waals surface area contributed by atoms with E-state index in [0.717, 1.165) is 11.2 Å². The van der Waals surface area contributed by atoms with Crippen LogP contribution in [0.5, 0.6) is 0 Å². The highest BCUT2D eigenvalue weighted by atomic mass is 32.1. The van der Waals surface area contributed by atoms with Crippen LogP contribution in [0.2, 0.25) is 0 Å². The topological polar surface area (TPSA) is 197 Å². The van der Waals surface area contributed by atoms with Crippen LogP contribution in [-0.2, 0) is 4.74 Å². The van der Waals surface area contributed by atoms with Crippen LogP contribution in [0.15, 0.2) is 19.0 Å². The number of hydrogen-bond donors (Lipinski definition) is 6. The van der Waals surface area contributed by atoms with Crippen LogP contribution >= 0.6 is 12.2 Å². The SMILES string of the molecule is Nc1nc(F)nc2c1ncn2[C@@H]1O[C@H](CO)[C@@H](O)[C@@H]1O.S=c1nc[nH]c2nc[nH]c12. The Bertz CT molecular complexity index is 1240. The summed E-state index contributed by atoms with van der Waals surface area (Å²) in [6.45, 7) is -0.465. The number of fused-ring (bicyclic) bond motifs is 2. The maximum Gasteiger partial charge on any atom is 0.312 e. The molecule has 30 heavy (non-hydrogen) atoms. The van der Waals surface area contributed by atoms with Crippen molar-refractivity contribution < 1.29 is 24.4 Å². The van der Waals surface area contributed by atoms with Gasteiger partial charge in [-0.25, -0.2) is 15.0 Å². The van der Waals surface area contributed by atoms with E-state index in [4.69, 9.17) is 27.8 Å². The van der Waals surface area contributed by atoms with Gasteiger partial charge in [0.15, 0.2) is 33.5 Å². The summed E-state index contributed by atoms with van der Waals surface area (Å²) in [6.07, 6.45) is -1.27. The van der Waals surface area contributed by atoms with E-state index in [0.29, 0.717) is 4.64 Å². The molecule has 0 spiro atoms. The predicted octanol–water partition coefficient (Wildman–Crippen LogP) is -0.825. The Balaban J connectivity index is 0.000000181. The van der Waals surface area contributed by atoms with Gasteiger partial charge in [-0.2, -0.15) is 14.4 Å². The highest BCUT2D eigenvalue weighted by Gasteiger charge is 2.44. The highest BCUT2D eigenvalue weighted by molar-refractivity contribution is 7.71. The second-order valence-electron chi connectivity index (χ2n) is 6.26. The summed E-state index contributed by atoms with van der Waals surface area (Å²) in [5.41, 5.74) is 7.25. The quantitative estimate of drug-likeness (QED) is 0.169. The average molecular weight is 437 g/mol. The van der Waals surface area contributed by atoms with E-state index in [-0.39, 0.29) is 17.0 Å². The number of H-pyrrole nitrogens is 2. The molecule has 0 amide bonds. The van der Waals surface area contributed by atoms with Crippen molar-refractivity contribution in [1.82, 2.24) is 39.5 Å². The molecular weight excluding hydrogens is 421 g/mol. The summed E-state index contributed by atoms with van der Waals surface area (Å²) in [6, 6.07) is 0. The van der Waals surface area contributed by atoms with Gasteiger partial charge in [0.25, 0.3) is 0 Å². The zero-order valence-electron chi connectivity index (χ0n) is 15.0. The van der Waals surface area contributed by atoms with Crippen molar-refractivity contribution in [1.29, 1.82) is 0 Å². The highest BCUT2D eigenvalue weighted by Crippen LogP contribution is 2.31. The number of halogens is 1. The Kier molecular flexibility index (Phi) is 5.35. The third kappa shape index (κ3) is 3.48. The number of rotatable bonds is 2. The lowest BCUT2D eigenvalue weighted by molar-refractivity contribution is -0.0511. The van der Waals surface area contributed by atoms with Crippen molar-refractivity contribution in [3.8, 4) is 0 Å². The second-order valence-corrected chi connectivity index (χ2v) is 6.65. The Labute approximate surface area is 171 Å². The number of nitrogen functional groups attached to an aromatic ring is 1. The van der Waals surface area contributed by atoms with Crippen LogP contribution in [0.3, 0.4) is 0 Å². The Hall–Kier alpha value is -3.11. The van der Waals surface area contributed by atoms with E-state index in [1.807, 2.05) is 0 Å². The molecule has 4 aromatic rings. The van der Waals surface area contributed by atoms with Gasteiger partial charge in [0, 0.05) is 0 Å². The molecule has 0 saturated carbocycles. The Morgan fingerprint density at radius 3 is 2.63 bits per heavy atom. The summed E-state index contributed by atoms with van der Waals surface area (Å²) >= 11 is 4.91. The summed E-state index contributed by atoms with van der Waals surface area (Å²) in [4.78, 5) is 24.4. The van der Waals surface area contributed by atoms with E-state index < -0.39 is 37.2 Å². The number of nitrogens with one attached hydrogen (secondary N) is 2. The summed E-state index contributed by atoms with van der Waals surface area (Å²) in [5.74, 6) is -0.141. The van der Waals surface area contributed by atoms with E-state index in [9.17, 15) is 14.6 Å². The first kappa shape index (κ1) is 20.2. The lowest BCUT2D eigenvalue weighted by atomic mass is 10.1. The molecule has 1 aliphatic rings. The molecular formula is C15H16FN9O4S. The molecule has 5 heterocycles. The van der Waals surface area contributed by atoms with Crippen LogP contribution in [0, 0.1) is 10.7 Å². The maximum atomic E-state index is 13.2. The van der Waals surface area contributed by atoms with Crippen LogP contribution in [0.1, 0.15) is 6.23 Å². The molecule has 0 aromatic carbocycles. The van der Waals surface area contributed by atoms with E-state index in [1.54, 1.807) is 6.33 Å². The molecule has 158 valence electrons. The number of imidazole rings is 2. The standard InChI is InChI=1S/C10H12FN5O4.C5H4N4S/c11-10-14-7(12)4-8(15-10)16(2-13-4)9-6(19)5(18)3(1-17)20-9;10-5-3-4(7-1-6-3)8-2-9-5/h2-3,5-6,9,17-19H,1H2,(H2,12,14,15);1-2H,(H2,6,7,8,9,10)/t3-,5-,6+,9-;/m1./s1. The molecule has 7 N–H and O–H groups in total. The van der Waals surface area contributed by atoms with Gasteiger partial charge in [0.05, 0.1) is 25.6 Å². The monoisotopic (exact) mass is 437 g/mol. The molecule has 1 aliphatic heterocycles. The Morgan fingerprint density at radius 1 is 1.17 bits per heavy atom. The molecule has 4 atom stereocenters. The fraction of sp³-hybridized carbons (Fsp3) is 0.333. The maximum absolute atomic E-state index is 13.2. The van der Waals surface area contributed by atoms with Crippen molar-refractivity contribution in [3.63, 3.8) is 0 Å². The number of ether oxygens (including phenoxy) is 1. The van der Waals surface area contributed by atoms with Gasteiger partial charge in [-0.3, -0.25) is 4.57 Å². The molecule has 13 nitrogen and oxygen atoms in total. The largest absolute Gasteiger partial charge is 0.394 e. The first-order chi connectivity index (χ1) is 14.4. The summed E-state index contributed by atoms with van der Waals surface area (Å²) in [7, 11) is 0. The minimum absolute atomic E-state index is 0.0323. The number of aromatic nitrogens is 8. The van der Waals surface area contributed by atoms with E-state index in [1.165, 1.54) is 17.2 Å². The number of nitrogens with zero attached hydrogens (tertiary/aromatic N) is 6. The number of aliphatic hydroxyl groups is 3. The molecule has 15 heteroatoms. The van der Waals surface area contributed by atoms with Gasteiger partial charge in [0.1, 0.15) is 23.8 Å². The van der Waals surface area contributed by atoms with Gasteiger partial charge in [-0.15, -0.1) is 0 Å². The fourth-order valence-electron chi connectivity index (χ4n) is 2.99. The number of aliphatic hydroxyl groups excluding tert-OH is 3. The first-order valence-electron chi connectivity index (χ1n) is 8.55. The lowest BCUT2D eigenvalue weighted by Crippen LogP contribution is -2.33. The van der Waals surface area contributed by atoms with Crippen LogP contribution in [0.25, 0.3) is 22.3 Å². The number of anilines is 1. The van der Waals surface area contributed by atoms with Gasteiger partial charge >= 0.3 is 6.08 Å². The van der Waals surface area contributed by atoms with Crippen molar-refractivity contribution >= 4 is 40.4 Å². The van der Waals surface area contributed by atoms with Gasteiger partial charge in [-0.05, 0) is 0 Å². The fourth-order valence-corrected chi connectivity index (χ4v) is 3.20. The Morgan fingerprint density at radius 2 is 1.93 bits per heavy atom. The number of nitrogens with two attached hydrogens (primary N) is 1. The molecule has 5 rings (SSSR count). The van der Waals surface area contributed by atoms with Crippen molar-refractivity contribution in [2.45, 2.75) is 24.5 Å². The van der Waals surface area contributed by atoms with Crippen molar-refractivity contribution in [2.24, 2.45) is 0 Å². The average Bonchev–Trinajstić information content (AvgIpc) is 3.42. The van der Waals surface area contributed by atoms with Gasteiger partial charge < -0.3 is 35.8 Å². The summed E-state index contributed by atoms with van der Waals surface area (Å²) in [5, 5.41) is 28.7. The van der Waals surface area contributed by atoms with Crippen LogP contribution < -0.4 is 5.73 Å². The van der Waals surface area contributed by atoms with Crippen molar-refractivity contribution in [3.05, 3.63) is 29.7 Å². The second kappa shape index (κ2) is 7.96. The normalized spacial score (nSPS) is 23.6. The predicted molar refractivity (Wildman–Crippen MR) is 102 cm³/mol. The van der Waals surface area contributed by atoms with Gasteiger partial charge in [-0.1, -0.05) is 12.2 Å². The zero-order chi connectivity index (χ0) is 21.4. The number of aromatic amines is 2. The van der Waals surface area contributed by atoms with Crippen molar-refractivity contribution in [2.75, 3.05) is 12.3 Å². The molecule has 1 saturated heterocycles. The first-order valence-corrected chi connectivity index (χ1v) is 8.96. The van der Waals surface area contributed by atoms with Crippen LogP contribution in [-0.4, -0.2) is 79.7 Å². The summed E-state index contributed by atoms with van der Waals surface area (Å²) < 4.78 is 20.3.